The monoisotopic (exact) mass is 329 g/mol. The Hall–Kier alpha value is -2.80. The number of benzene rings is 1. The summed E-state index contributed by atoms with van der Waals surface area (Å²) >= 11 is 1.52. The zero-order valence-electron chi connectivity index (χ0n) is 12.6. The van der Waals surface area contributed by atoms with E-state index in [0.29, 0.717) is 11.4 Å². The van der Waals surface area contributed by atoms with Crippen LogP contribution < -0.4 is 15.4 Å². The molecule has 2 aromatic heterocycles. The summed E-state index contributed by atoms with van der Waals surface area (Å²) in [6.07, 6.45) is 1.46. The molecule has 0 spiro atoms. The fraction of sp³-hybridized carbons (Fsp3) is 0.125. The molecule has 1 amide bonds. The van der Waals surface area contributed by atoms with Gasteiger partial charge in [-0.3, -0.25) is 4.79 Å². The van der Waals surface area contributed by atoms with Crippen LogP contribution in [0.4, 0.5) is 10.8 Å². The molecule has 0 bridgehead atoms. The van der Waals surface area contributed by atoms with Crippen LogP contribution in [0.3, 0.4) is 0 Å². The molecule has 0 saturated heterocycles. The van der Waals surface area contributed by atoms with E-state index in [1.54, 1.807) is 25.3 Å². The van der Waals surface area contributed by atoms with Gasteiger partial charge in [0.1, 0.15) is 5.75 Å². The molecule has 0 atom stereocenters. The number of thiazole rings is 1. The van der Waals surface area contributed by atoms with Crippen molar-refractivity contribution in [2.24, 2.45) is 0 Å². The lowest BCUT2D eigenvalue weighted by Gasteiger charge is -2.10. The minimum atomic E-state index is -0.334. The van der Waals surface area contributed by atoms with Gasteiger partial charge in [0.25, 0.3) is 5.91 Å². The van der Waals surface area contributed by atoms with Crippen LogP contribution >= 0.6 is 11.3 Å². The second kappa shape index (κ2) is 6.53. The van der Waals surface area contributed by atoms with Crippen molar-refractivity contribution in [3.05, 3.63) is 47.7 Å². The summed E-state index contributed by atoms with van der Waals surface area (Å²) < 4.78 is 10.4. The number of nitrogens with zero attached hydrogens (tertiary/aromatic N) is 1. The van der Waals surface area contributed by atoms with Crippen molar-refractivity contribution in [2.45, 2.75) is 0 Å². The lowest BCUT2D eigenvalue weighted by Crippen LogP contribution is -2.11. The number of aromatic nitrogens is 1. The Morgan fingerprint density at radius 2 is 2.22 bits per heavy atom. The maximum atomic E-state index is 12.2. The van der Waals surface area contributed by atoms with Gasteiger partial charge in [-0.2, -0.15) is 0 Å². The van der Waals surface area contributed by atoms with Crippen LogP contribution in [-0.2, 0) is 0 Å². The lowest BCUT2D eigenvalue weighted by molar-refractivity contribution is 0.0996. The van der Waals surface area contributed by atoms with Crippen molar-refractivity contribution < 1.29 is 13.9 Å². The minimum absolute atomic E-state index is 0.239. The fourth-order valence-corrected chi connectivity index (χ4v) is 2.76. The van der Waals surface area contributed by atoms with E-state index < -0.39 is 0 Å². The number of hydrogen-bond donors (Lipinski definition) is 2. The van der Waals surface area contributed by atoms with Gasteiger partial charge >= 0.3 is 0 Å². The molecule has 3 rings (SSSR count). The van der Waals surface area contributed by atoms with Gasteiger partial charge in [-0.1, -0.05) is 0 Å². The molecule has 3 aromatic rings. The Labute approximate surface area is 137 Å². The summed E-state index contributed by atoms with van der Waals surface area (Å²) in [5, 5.41) is 8.58. The molecule has 0 saturated carbocycles. The molecule has 0 aliphatic rings. The van der Waals surface area contributed by atoms with Crippen LogP contribution in [0.1, 0.15) is 10.6 Å². The van der Waals surface area contributed by atoms with Gasteiger partial charge in [0.15, 0.2) is 10.9 Å². The topological polar surface area (TPSA) is 76.4 Å². The first-order chi connectivity index (χ1) is 11.2. The Bertz CT molecular complexity index is 812. The Morgan fingerprint density at radius 1 is 1.35 bits per heavy atom. The van der Waals surface area contributed by atoms with Crippen LogP contribution in [0.25, 0.3) is 11.3 Å². The van der Waals surface area contributed by atoms with Gasteiger partial charge in [-0.15, -0.1) is 11.3 Å². The first-order valence-corrected chi connectivity index (χ1v) is 7.76. The Balaban J connectivity index is 1.91. The van der Waals surface area contributed by atoms with Crippen LogP contribution in [0.5, 0.6) is 5.75 Å². The van der Waals surface area contributed by atoms with Gasteiger partial charge in [0.2, 0.25) is 0 Å². The van der Waals surface area contributed by atoms with Crippen molar-refractivity contribution >= 4 is 28.1 Å². The molecule has 118 valence electrons. The molecule has 2 heterocycles. The predicted octanol–water partition coefficient (Wildman–Crippen LogP) is 3.71. The van der Waals surface area contributed by atoms with Crippen molar-refractivity contribution in [3.8, 4) is 17.0 Å². The van der Waals surface area contributed by atoms with E-state index in [1.165, 1.54) is 17.6 Å². The van der Waals surface area contributed by atoms with Crippen molar-refractivity contribution in [1.82, 2.24) is 4.98 Å². The van der Waals surface area contributed by atoms with Crippen LogP contribution in [0.2, 0.25) is 0 Å². The SMILES string of the molecule is CNc1nc(-c2ccc(OC)c(NC(=O)c3ccco3)c2)cs1. The molecule has 1 aromatic carbocycles. The molecule has 7 heteroatoms. The third kappa shape index (κ3) is 3.19. The molecule has 0 aliphatic heterocycles. The Morgan fingerprint density at radius 3 is 2.87 bits per heavy atom. The molecule has 2 N–H and O–H groups in total. The van der Waals surface area contributed by atoms with E-state index in [1.807, 2.05) is 24.6 Å². The molecule has 0 radical (unpaired) electrons. The van der Waals surface area contributed by atoms with Gasteiger partial charge in [-0.05, 0) is 30.3 Å². The highest BCUT2D eigenvalue weighted by Crippen LogP contribution is 2.32. The number of nitrogens with one attached hydrogen (secondary N) is 2. The van der Waals surface area contributed by atoms with Gasteiger partial charge < -0.3 is 19.8 Å². The number of furan rings is 1. The van der Waals surface area contributed by atoms with E-state index in [4.69, 9.17) is 9.15 Å². The summed E-state index contributed by atoms with van der Waals surface area (Å²) in [6, 6.07) is 8.79. The number of hydrogen-bond acceptors (Lipinski definition) is 6. The van der Waals surface area contributed by atoms with Crippen LogP contribution in [0.15, 0.2) is 46.4 Å². The summed E-state index contributed by atoms with van der Waals surface area (Å²) in [5.74, 6) is 0.473. The standard InChI is InChI=1S/C16H15N3O3S/c1-17-16-19-12(9-23-16)10-5-6-13(21-2)11(8-10)18-15(20)14-4-3-7-22-14/h3-9H,1-2H3,(H,17,19)(H,18,20). The number of anilines is 2. The first-order valence-electron chi connectivity index (χ1n) is 6.88. The second-order valence-corrected chi connectivity index (χ2v) is 5.49. The maximum Gasteiger partial charge on any atom is 0.291 e. The molecule has 0 aliphatic carbocycles. The Kier molecular flexibility index (Phi) is 4.29. The number of ether oxygens (including phenoxy) is 1. The largest absolute Gasteiger partial charge is 0.495 e. The highest BCUT2D eigenvalue weighted by atomic mass is 32.1. The molecule has 0 fully saturated rings. The van der Waals surface area contributed by atoms with Gasteiger partial charge in [0.05, 0.1) is 24.8 Å². The average molecular weight is 329 g/mol. The number of rotatable bonds is 5. The van der Waals surface area contributed by atoms with E-state index in [0.717, 1.165) is 16.4 Å². The first kappa shape index (κ1) is 15.1. The predicted molar refractivity (Wildman–Crippen MR) is 90.3 cm³/mol. The number of carbonyl (C=O) groups is 1. The van der Waals surface area contributed by atoms with E-state index in [2.05, 4.69) is 15.6 Å². The normalized spacial score (nSPS) is 10.3. The van der Waals surface area contributed by atoms with E-state index >= 15 is 0 Å². The van der Waals surface area contributed by atoms with Crippen LogP contribution in [0, 0.1) is 0 Å². The minimum Gasteiger partial charge on any atom is -0.495 e. The van der Waals surface area contributed by atoms with E-state index in [9.17, 15) is 4.79 Å². The number of amides is 1. The molecule has 6 nitrogen and oxygen atoms in total. The maximum absolute atomic E-state index is 12.2. The molecule has 23 heavy (non-hydrogen) atoms. The quantitative estimate of drug-likeness (QED) is 0.746. The van der Waals surface area contributed by atoms with Crippen molar-refractivity contribution in [3.63, 3.8) is 0 Å². The molecular weight excluding hydrogens is 314 g/mol. The van der Waals surface area contributed by atoms with Gasteiger partial charge in [-0.25, -0.2) is 4.98 Å². The summed E-state index contributed by atoms with van der Waals surface area (Å²) in [6.45, 7) is 0. The summed E-state index contributed by atoms with van der Waals surface area (Å²) in [4.78, 5) is 16.6. The third-order valence-electron chi connectivity index (χ3n) is 3.21. The lowest BCUT2D eigenvalue weighted by atomic mass is 10.1. The van der Waals surface area contributed by atoms with Gasteiger partial charge in [0, 0.05) is 18.0 Å². The summed E-state index contributed by atoms with van der Waals surface area (Å²) in [5.41, 5.74) is 2.28. The number of methoxy groups -OCH3 is 1. The fourth-order valence-electron chi connectivity index (χ4n) is 2.08. The van der Waals surface area contributed by atoms with Crippen LogP contribution in [-0.4, -0.2) is 25.0 Å². The zero-order valence-corrected chi connectivity index (χ0v) is 13.4. The molecular formula is C16H15N3O3S. The number of carbonyl (C=O) groups excluding carboxylic acids is 1. The smallest absolute Gasteiger partial charge is 0.291 e. The average Bonchev–Trinajstić information content (AvgIpc) is 3.26. The van der Waals surface area contributed by atoms with Crippen molar-refractivity contribution in [2.75, 3.05) is 24.8 Å². The third-order valence-corrected chi connectivity index (χ3v) is 4.07. The highest BCUT2D eigenvalue weighted by molar-refractivity contribution is 7.14. The van der Waals surface area contributed by atoms with E-state index in [-0.39, 0.29) is 11.7 Å². The molecule has 0 unspecified atom stereocenters. The zero-order chi connectivity index (χ0) is 16.2. The van der Waals surface area contributed by atoms with Crippen molar-refractivity contribution in [1.29, 1.82) is 0 Å². The second-order valence-electron chi connectivity index (χ2n) is 4.63. The summed E-state index contributed by atoms with van der Waals surface area (Å²) in [7, 11) is 3.38. The highest BCUT2D eigenvalue weighted by Gasteiger charge is 2.14.